The normalized spacial score (nSPS) is 16.9. The van der Waals surface area contributed by atoms with Crippen LogP contribution < -0.4 is 10.6 Å². The number of carbonyl (C=O) groups excluding carboxylic acids is 2. The van der Waals surface area contributed by atoms with Crippen LogP contribution in [0.1, 0.15) is 45.4 Å². The van der Waals surface area contributed by atoms with E-state index >= 15 is 0 Å². The lowest BCUT2D eigenvalue weighted by atomic mass is 9.82. The Morgan fingerprint density at radius 1 is 1.23 bits per heavy atom. The average molecular weight is 308 g/mol. The number of hydrogen-bond acceptors (Lipinski definition) is 3. The molecule has 1 aromatic rings. The van der Waals surface area contributed by atoms with Crippen LogP contribution in [0.5, 0.6) is 0 Å². The Morgan fingerprint density at radius 2 is 1.91 bits per heavy atom. The molecular weight excluding hydrogens is 287 g/mol. The monoisotopic (exact) mass is 308 g/mol. The van der Waals surface area contributed by atoms with Crippen molar-refractivity contribution in [3.63, 3.8) is 0 Å². The first kappa shape index (κ1) is 16.4. The fraction of sp³-hybridized carbons (Fsp3) is 0.500. The number of benzene rings is 1. The lowest BCUT2D eigenvalue weighted by Crippen LogP contribution is -2.35. The number of nitrogens with one attached hydrogen (secondary N) is 2. The standard InChI is InChI=1S/C16H21FN2O3/c1-11(20)18-14-9-12(5-6-13(14)17)19-15(21)10-16(22)7-3-2-4-8-16/h5-6,9,22H,2-4,7-8,10H2,1H3,(H,18,20)(H,19,21). The van der Waals surface area contributed by atoms with Gasteiger partial charge in [0.25, 0.3) is 0 Å². The number of carbonyl (C=O) groups is 2. The van der Waals surface area contributed by atoms with Gasteiger partial charge < -0.3 is 15.7 Å². The van der Waals surface area contributed by atoms with E-state index < -0.39 is 11.4 Å². The van der Waals surface area contributed by atoms with Gasteiger partial charge in [0.2, 0.25) is 11.8 Å². The van der Waals surface area contributed by atoms with Gasteiger partial charge in [0.15, 0.2) is 0 Å². The number of hydrogen-bond donors (Lipinski definition) is 3. The van der Waals surface area contributed by atoms with Crippen molar-refractivity contribution >= 4 is 23.2 Å². The molecule has 2 amide bonds. The van der Waals surface area contributed by atoms with E-state index in [9.17, 15) is 19.1 Å². The SMILES string of the molecule is CC(=O)Nc1cc(NC(=O)CC2(O)CCCCC2)ccc1F. The van der Waals surface area contributed by atoms with Crippen LogP contribution in [0.15, 0.2) is 18.2 Å². The van der Waals surface area contributed by atoms with E-state index in [1.807, 2.05) is 0 Å². The molecule has 1 aliphatic carbocycles. The summed E-state index contributed by atoms with van der Waals surface area (Å²) >= 11 is 0. The molecule has 0 aliphatic heterocycles. The number of rotatable bonds is 4. The molecule has 120 valence electrons. The van der Waals surface area contributed by atoms with Crippen LogP contribution in [-0.2, 0) is 9.59 Å². The first-order chi connectivity index (χ1) is 10.4. The van der Waals surface area contributed by atoms with E-state index in [0.29, 0.717) is 18.5 Å². The van der Waals surface area contributed by atoms with Crippen LogP contribution in [0.2, 0.25) is 0 Å². The third-order valence-electron chi connectivity index (χ3n) is 3.83. The molecule has 1 aromatic carbocycles. The summed E-state index contributed by atoms with van der Waals surface area (Å²) in [5, 5.41) is 15.4. The summed E-state index contributed by atoms with van der Waals surface area (Å²) in [5.41, 5.74) is -0.542. The van der Waals surface area contributed by atoms with Crippen LogP contribution in [0, 0.1) is 5.82 Å². The first-order valence-electron chi connectivity index (χ1n) is 7.47. The Balaban J connectivity index is 2.00. The van der Waals surface area contributed by atoms with E-state index in [2.05, 4.69) is 10.6 Å². The first-order valence-corrected chi connectivity index (χ1v) is 7.47. The van der Waals surface area contributed by atoms with Crippen LogP contribution >= 0.6 is 0 Å². The fourth-order valence-corrected chi connectivity index (χ4v) is 2.78. The van der Waals surface area contributed by atoms with Gasteiger partial charge in [0.05, 0.1) is 17.7 Å². The van der Waals surface area contributed by atoms with Gasteiger partial charge in [0, 0.05) is 12.6 Å². The Labute approximate surface area is 128 Å². The number of amides is 2. The lowest BCUT2D eigenvalue weighted by molar-refractivity contribution is -0.122. The summed E-state index contributed by atoms with van der Waals surface area (Å²) in [5.74, 6) is -1.28. The second-order valence-electron chi connectivity index (χ2n) is 5.89. The molecule has 0 spiro atoms. The highest BCUT2D eigenvalue weighted by Crippen LogP contribution is 2.31. The highest BCUT2D eigenvalue weighted by atomic mass is 19.1. The van der Waals surface area contributed by atoms with Gasteiger partial charge in [-0.2, -0.15) is 0 Å². The van der Waals surface area contributed by atoms with E-state index in [1.165, 1.54) is 25.1 Å². The van der Waals surface area contributed by atoms with Crippen molar-refractivity contribution in [2.45, 2.75) is 51.0 Å². The van der Waals surface area contributed by atoms with Crippen LogP contribution in [-0.4, -0.2) is 22.5 Å². The van der Waals surface area contributed by atoms with Crippen LogP contribution in [0.4, 0.5) is 15.8 Å². The van der Waals surface area contributed by atoms with Gasteiger partial charge in [0.1, 0.15) is 5.82 Å². The number of aliphatic hydroxyl groups is 1. The topological polar surface area (TPSA) is 78.4 Å². The molecule has 6 heteroatoms. The molecule has 0 radical (unpaired) electrons. The zero-order chi connectivity index (χ0) is 16.2. The summed E-state index contributed by atoms with van der Waals surface area (Å²) in [7, 11) is 0. The summed E-state index contributed by atoms with van der Waals surface area (Å²) in [6, 6.07) is 3.96. The van der Waals surface area contributed by atoms with Gasteiger partial charge in [-0.05, 0) is 31.0 Å². The Bertz CT molecular complexity index is 569. The zero-order valence-electron chi connectivity index (χ0n) is 12.6. The maximum Gasteiger partial charge on any atom is 0.227 e. The van der Waals surface area contributed by atoms with Crippen molar-refractivity contribution in [2.75, 3.05) is 10.6 Å². The van der Waals surface area contributed by atoms with Crippen LogP contribution in [0.25, 0.3) is 0 Å². The average Bonchev–Trinajstić information content (AvgIpc) is 2.42. The van der Waals surface area contributed by atoms with Gasteiger partial charge >= 0.3 is 0 Å². The van der Waals surface area contributed by atoms with Crippen LogP contribution in [0.3, 0.4) is 0 Å². The van der Waals surface area contributed by atoms with Crippen molar-refractivity contribution in [3.05, 3.63) is 24.0 Å². The van der Waals surface area contributed by atoms with Crippen molar-refractivity contribution < 1.29 is 19.1 Å². The molecule has 3 N–H and O–H groups in total. The lowest BCUT2D eigenvalue weighted by Gasteiger charge is -2.31. The van der Waals surface area contributed by atoms with E-state index in [1.54, 1.807) is 0 Å². The molecule has 0 unspecified atom stereocenters. The number of halogens is 1. The fourth-order valence-electron chi connectivity index (χ4n) is 2.78. The molecule has 1 aliphatic rings. The summed E-state index contributed by atoms with van der Waals surface area (Å²) in [6.45, 7) is 1.28. The van der Waals surface area contributed by atoms with E-state index in [-0.39, 0.29) is 23.9 Å². The van der Waals surface area contributed by atoms with Gasteiger partial charge in [-0.1, -0.05) is 19.3 Å². The van der Waals surface area contributed by atoms with Crippen molar-refractivity contribution in [2.24, 2.45) is 0 Å². The second kappa shape index (κ2) is 6.87. The molecule has 1 saturated carbocycles. The van der Waals surface area contributed by atoms with Gasteiger partial charge in [-0.25, -0.2) is 4.39 Å². The maximum atomic E-state index is 13.5. The quantitative estimate of drug-likeness (QED) is 0.800. The molecule has 22 heavy (non-hydrogen) atoms. The molecule has 0 bridgehead atoms. The molecule has 0 heterocycles. The molecular formula is C16H21FN2O3. The minimum atomic E-state index is -0.942. The Hall–Kier alpha value is -1.95. The molecule has 0 atom stereocenters. The van der Waals surface area contributed by atoms with E-state index in [4.69, 9.17) is 0 Å². The smallest absolute Gasteiger partial charge is 0.227 e. The summed E-state index contributed by atoms with van der Waals surface area (Å²) in [4.78, 5) is 23.1. The third-order valence-corrected chi connectivity index (χ3v) is 3.83. The molecule has 5 nitrogen and oxygen atoms in total. The van der Waals surface area contributed by atoms with E-state index in [0.717, 1.165) is 19.3 Å². The highest BCUT2D eigenvalue weighted by molar-refractivity contribution is 5.93. The minimum Gasteiger partial charge on any atom is -0.389 e. The largest absolute Gasteiger partial charge is 0.389 e. The zero-order valence-corrected chi connectivity index (χ0v) is 12.6. The molecule has 0 aromatic heterocycles. The summed E-state index contributed by atoms with van der Waals surface area (Å²) < 4.78 is 13.5. The second-order valence-corrected chi connectivity index (χ2v) is 5.89. The number of anilines is 2. The summed E-state index contributed by atoms with van der Waals surface area (Å²) in [6.07, 6.45) is 4.21. The molecule has 0 saturated heterocycles. The predicted octanol–water partition coefficient (Wildman–Crippen LogP) is 2.81. The molecule has 1 fully saturated rings. The third kappa shape index (κ3) is 4.53. The highest BCUT2D eigenvalue weighted by Gasteiger charge is 2.31. The Morgan fingerprint density at radius 3 is 2.55 bits per heavy atom. The maximum absolute atomic E-state index is 13.5. The predicted molar refractivity (Wildman–Crippen MR) is 82.0 cm³/mol. The van der Waals surface area contributed by atoms with Crippen molar-refractivity contribution in [1.29, 1.82) is 0 Å². The van der Waals surface area contributed by atoms with Gasteiger partial charge in [-0.3, -0.25) is 9.59 Å². The van der Waals surface area contributed by atoms with Crippen molar-refractivity contribution in [3.8, 4) is 0 Å². The molecule has 2 rings (SSSR count). The van der Waals surface area contributed by atoms with Gasteiger partial charge in [-0.15, -0.1) is 0 Å². The Kier molecular flexibility index (Phi) is 5.13. The van der Waals surface area contributed by atoms with Crippen molar-refractivity contribution in [1.82, 2.24) is 0 Å². The minimum absolute atomic E-state index is 0.0154.